The second-order valence-electron chi connectivity index (χ2n) is 8.48. The largest absolute Gasteiger partial charge is 0.486 e. The second kappa shape index (κ2) is 8.77. The van der Waals surface area contributed by atoms with E-state index in [4.69, 9.17) is 9.47 Å². The van der Waals surface area contributed by atoms with Crippen molar-refractivity contribution in [2.24, 2.45) is 7.05 Å². The average Bonchev–Trinajstić information content (AvgIpc) is 3.25. The molecule has 0 aliphatic rings. The standard InChI is InChI=1S/C27H20N2O7/c1-15-3-7-18(8-4-15)35-13-17(30)14-36-19-9-5-16(6-10-19)29-26(33)22-11-20-21(12-23(22)27(29)34)25(32)28(2)24(20)31/h3-12H,13-14H2,1-2H3. The number of ketones is 1. The SMILES string of the molecule is Cc1ccc(OCC(=O)COc2ccc(-n3c(=O)c4cc5c(=O)n(C)c(=O)c5cc4c3=O)cc2)cc1. The van der Waals surface area contributed by atoms with Gasteiger partial charge in [0.15, 0.2) is 0 Å². The minimum atomic E-state index is -0.593. The van der Waals surface area contributed by atoms with E-state index >= 15 is 0 Å². The number of rotatable bonds is 7. The van der Waals surface area contributed by atoms with Crippen molar-refractivity contribution in [3.63, 3.8) is 0 Å². The van der Waals surface area contributed by atoms with E-state index in [0.717, 1.165) is 14.7 Å². The molecular weight excluding hydrogens is 464 g/mol. The van der Waals surface area contributed by atoms with Crippen LogP contribution in [0.2, 0.25) is 0 Å². The van der Waals surface area contributed by atoms with Gasteiger partial charge < -0.3 is 9.47 Å². The van der Waals surface area contributed by atoms with Gasteiger partial charge in [0.1, 0.15) is 24.7 Å². The predicted octanol–water partition coefficient (Wildman–Crippen LogP) is 1.77. The molecule has 5 aromatic rings. The first kappa shape index (κ1) is 23.0. The number of carbonyl (C=O) groups is 1. The summed E-state index contributed by atoms with van der Waals surface area (Å²) in [6.07, 6.45) is 0. The molecule has 0 fully saturated rings. The van der Waals surface area contributed by atoms with Crippen LogP contribution in [0.1, 0.15) is 5.56 Å². The lowest BCUT2D eigenvalue weighted by Gasteiger charge is -2.08. The van der Waals surface area contributed by atoms with Crippen molar-refractivity contribution < 1.29 is 14.3 Å². The summed E-state index contributed by atoms with van der Waals surface area (Å²) in [6, 6.07) is 16.0. The molecule has 9 heteroatoms. The highest BCUT2D eigenvalue weighted by atomic mass is 16.5. The van der Waals surface area contributed by atoms with Gasteiger partial charge in [0, 0.05) is 7.05 Å². The summed E-state index contributed by atoms with van der Waals surface area (Å²) >= 11 is 0. The Morgan fingerprint density at radius 2 is 1.08 bits per heavy atom. The van der Waals surface area contributed by atoms with Crippen LogP contribution >= 0.6 is 0 Å². The predicted molar refractivity (Wildman–Crippen MR) is 134 cm³/mol. The molecule has 0 saturated carbocycles. The van der Waals surface area contributed by atoms with E-state index in [2.05, 4.69) is 0 Å². The number of Topliss-reactive ketones (excluding diaryl/α,β-unsaturated/α-hetero) is 1. The summed E-state index contributed by atoms with van der Waals surface area (Å²) in [7, 11) is 1.35. The highest BCUT2D eigenvalue weighted by Crippen LogP contribution is 2.18. The van der Waals surface area contributed by atoms with Crippen LogP contribution in [0, 0.1) is 6.92 Å². The summed E-state index contributed by atoms with van der Waals surface area (Å²) in [6.45, 7) is 1.61. The Morgan fingerprint density at radius 3 is 1.56 bits per heavy atom. The fourth-order valence-electron chi connectivity index (χ4n) is 4.02. The van der Waals surface area contributed by atoms with Crippen LogP contribution in [-0.2, 0) is 11.8 Å². The maximum Gasteiger partial charge on any atom is 0.266 e. The number of nitrogens with zero attached hydrogens (tertiary/aromatic N) is 2. The first-order valence-corrected chi connectivity index (χ1v) is 11.1. The van der Waals surface area contributed by atoms with Gasteiger partial charge in [-0.25, -0.2) is 4.57 Å². The minimum Gasteiger partial charge on any atom is -0.486 e. The maximum absolute atomic E-state index is 13.0. The zero-order valence-corrected chi connectivity index (χ0v) is 19.4. The zero-order valence-electron chi connectivity index (χ0n) is 19.4. The van der Waals surface area contributed by atoms with Gasteiger partial charge in [-0.2, -0.15) is 0 Å². The monoisotopic (exact) mass is 484 g/mol. The molecule has 180 valence electrons. The lowest BCUT2D eigenvalue weighted by molar-refractivity contribution is -0.123. The zero-order chi connectivity index (χ0) is 25.6. The van der Waals surface area contributed by atoms with Crippen molar-refractivity contribution in [1.82, 2.24) is 9.13 Å². The summed E-state index contributed by atoms with van der Waals surface area (Å²) in [5, 5.41) is 0.331. The second-order valence-corrected chi connectivity index (χ2v) is 8.48. The molecule has 0 atom stereocenters. The van der Waals surface area contributed by atoms with Gasteiger partial charge in [0.05, 0.1) is 27.2 Å². The molecule has 0 aliphatic carbocycles. The third kappa shape index (κ3) is 3.90. The van der Waals surface area contributed by atoms with Gasteiger partial charge in [-0.3, -0.25) is 28.5 Å². The van der Waals surface area contributed by atoms with E-state index in [9.17, 15) is 24.0 Å². The van der Waals surface area contributed by atoms with E-state index in [1.165, 1.54) is 43.4 Å². The molecule has 0 bridgehead atoms. The van der Waals surface area contributed by atoms with E-state index in [1.54, 1.807) is 12.1 Å². The van der Waals surface area contributed by atoms with Crippen molar-refractivity contribution in [1.29, 1.82) is 0 Å². The summed E-state index contributed by atoms with van der Waals surface area (Å²) < 4.78 is 12.9. The van der Waals surface area contributed by atoms with Gasteiger partial charge in [0.25, 0.3) is 22.2 Å². The molecule has 0 unspecified atom stereocenters. The van der Waals surface area contributed by atoms with Gasteiger partial charge in [-0.15, -0.1) is 0 Å². The van der Waals surface area contributed by atoms with E-state index in [0.29, 0.717) is 11.5 Å². The van der Waals surface area contributed by atoms with E-state index in [1.807, 2.05) is 19.1 Å². The van der Waals surface area contributed by atoms with Crippen LogP contribution < -0.4 is 31.7 Å². The maximum atomic E-state index is 13.0. The van der Waals surface area contributed by atoms with Crippen LogP contribution in [0.25, 0.3) is 27.2 Å². The molecule has 3 aromatic carbocycles. The molecule has 36 heavy (non-hydrogen) atoms. The van der Waals surface area contributed by atoms with Crippen LogP contribution in [0.15, 0.2) is 79.8 Å². The number of hydrogen-bond acceptors (Lipinski definition) is 7. The first-order valence-electron chi connectivity index (χ1n) is 11.1. The van der Waals surface area contributed by atoms with Crippen molar-refractivity contribution in [3.05, 3.63) is 108 Å². The summed E-state index contributed by atoms with van der Waals surface area (Å²) in [5.41, 5.74) is -0.844. The van der Waals surface area contributed by atoms with Crippen LogP contribution in [0.5, 0.6) is 11.5 Å². The molecule has 0 aliphatic heterocycles. The van der Waals surface area contributed by atoms with Gasteiger partial charge in [0.2, 0.25) is 5.78 Å². The summed E-state index contributed by atoms with van der Waals surface area (Å²) in [5.74, 6) is 0.699. The van der Waals surface area contributed by atoms with Gasteiger partial charge >= 0.3 is 0 Å². The molecule has 5 rings (SSSR count). The van der Waals surface area contributed by atoms with Gasteiger partial charge in [-0.1, -0.05) is 17.7 Å². The van der Waals surface area contributed by atoms with Crippen molar-refractivity contribution in [3.8, 4) is 17.2 Å². The topological polar surface area (TPSA) is 114 Å². The van der Waals surface area contributed by atoms with E-state index < -0.39 is 22.2 Å². The molecule has 2 aromatic heterocycles. The lowest BCUT2D eigenvalue weighted by Crippen LogP contribution is -2.23. The Labute approximate surface area is 203 Å². The summed E-state index contributed by atoms with van der Waals surface area (Å²) in [4.78, 5) is 62.6. The fraction of sp³-hybridized carbons (Fsp3) is 0.148. The van der Waals surface area contributed by atoms with Crippen molar-refractivity contribution in [2.45, 2.75) is 6.92 Å². The Balaban J connectivity index is 1.34. The molecule has 9 nitrogen and oxygen atoms in total. The highest BCUT2D eigenvalue weighted by molar-refractivity contribution is 5.98. The molecule has 0 N–H and O–H groups in total. The highest BCUT2D eigenvalue weighted by Gasteiger charge is 2.19. The number of benzene rings is 3. The fourth-order valence-corrected chi connectivity index (χ4v) is 4.02. The third-order valence-electron chi connectivity index (χ3n) is 6.01. The molecule has 0 radical (unpaired) electrons. The molecule has 0 saturated heterocycles. The van der Waals surface area contributed by atoms with Crippen molar-refractivity contribution in [2.75, 3.05) is 13.2 Å². The van der Waals surface area contributed by atoms with Crippen LogP contribution in [0.4, 0.5) is 0 Å². The minimum absolute atomic E-state index is 0.0645. The van der Waals surface area contributed by atoms with E-state index in [-0.39, 0.29) is 46.2 Å². The number of carbonyl (C=O) groups excluding carboxylic acids is 1. The molecule has 0 amide bonds. The lowest BCUT2D eigenvalue weighted by atomic mass is 10.1. The quantitative estimate of drug-likeness (QED) is 0.346. The van der Waals surface area contributed by atoms with Gasteiger partial charge in [-0.05, 0) is 55.5 Å². The number of ether oxygens (including phenoxy) is 2. The molecule has 0 spiro atoms. The number of aryl methyl sites for hydroxylation is 1. The Morgan fingerprint density at radius 1 is 0.667 bits per heavy atom. The van der Waals surface area contributed by atoms with Crippen LogP contribution in [0.3, 0.4) is 0 Å². The van der Waals surface area contributed by atoms with Crippen molar-refractivity contribution >= 4 is 27.3 Å². The number of fused-ring (bicyclic) bond motifs is 2. The number of hydrogen-bond donors (Lipinski definition) is 0. The van der Waals surface area contributed by atoms with Crippen LogP contribution in [-0.4, -0.2) is 28.1 Å². The normalized spacial score (nSPS) is 11.3. The molecular formula is C27H20N2O7. The third-order valence-corrected chi connectivity index (χ3v) is 6.01. The number of aromatic nitrogens is 2. The molecule has 2 heterocycles. The average molecular weight is 484 g/mol. The first-order chi connectivity index (χ1) is 17.2. The Bertz CT molecular complexity index is 1760. The smallest absolute Gasteiger partial charge is 0.266 e. The Hall–Kier alpha value is -4.79. The Kier molecular flexibility index (Phi) is 5.60.